The van der Waals surface area contributed by atoms with Crippen molar-refractivity contribution in [3.63, 3.8) is 0 Å². The van der Waals surface area contributed by atoms with E-state index in [0.717, 1.165) is 58.0 Å². The maximum absolute atomic E-state index is 12.9. The van der Waals surface area contributed by atoms with Gasteiger partial charge in [0.25, 0.3) is 0 Å². The summed E-state index contributed by atoms with van der Waals surface area (Å²) in [7, 11) is 0. The lowest BCUT2D eigenvalue weighted by Gasteiger charge is -2.12. The van der Waals surface area contributed by atoms with Crippen LogP contribution in [0.2, 0.25) is 5.02 Å². The molecule has 168 valence electrons. The summed E-state index contributed by atoms with van der Waals surface area (Å²) in [5, 5.41) is 3.55. The number of fused-ring (bicyclic) bond motifs is 1. The van der Waals surface area contributed by atoms with Gasteiger partial charge in [-0.1, -0.05) is 41.9 Å². The molecule has 5 rings (SSSR count). The molecule has 2 aromatic carbocycles. The van der Waals surface area contributed by atoms with Crippen molar-refractivity contribution in [3.8, 4) is 16.9 Å². The summed E-state index contributed by atoms with van der Waals surface area (Å²) in [6.07, 6.45) is 4.16. The molecule has 0 unspecified atom stereocenters. The van der Waals surface area contributed by atoms with Gasteiger partial charge in [0.2, 0.25) is 0 Å². The minimum Gasteiger partial charge on any atom is -0.462 e. The first kappa shape index (κ1) is 22.1. The molecule has 0 aliphatic heterocycles. The van der Waals surface area contributed by atoms with E-state index < -0.39 is 0 Å². The van der Waals surface area contributed by atoms with Crippen LogP contribution in [0.15, 0.2) is 65.0 Å². The number of benzene rings is 2. The number of aromatic nitrogens is 1. The molecule has 0 amide bonds. The summed E-state index contributed by atoms with van der Waals surface area (Å²) >= 11 is 9.32. The Bertz CT molecular complexity index is 1350. The third kappa shape index (κ3) is 4.43. The number of aryl methyl sites for hydroxylation is 1. The van der Waals surface area contributed by atoms with Gasteiger partial charge in [0, 0.05) is 21.0 Å². The van der Waals surface area contributed by atoms with Gasteiger partial charge in [0.1, 0.15) is 5.00 Å². The van der Waals surface area contributed by atoms with E-state index in [1.165, 1.54) is 4.88 Å². The summed E-state index contributed by atoms with van der Waals surface area (Å²) in [6, 6.07) is 18.0. The lowest BCUT2D eigenvalue weighted by Crippen LogP contribution is -2.14. The summed E-state index contributed by atoms with van der Waals surface area (Å²) in [5.41, 5.74) is 4.88. The predicted octanol–water partition coefficient (Wildman–Crippen LogP) is 7.21. The number of ether oxygens (including phenoxy) is 1. The minimum atomic E-state index is -0.267. The zero-order valence-electron chi connectivity index (χ0n) is 18.2. The molecular formula is C26H23ClN2O2S2. The van der Waals surface area contributed by atoms with Crippen LogP contribution in [0.5, 0.6) is 0 Å². The van der Waals surface area contributed by atoms with Crippen LogP contribution < -0.4 is 4.80 Å². The van der Waals surface area contributed by atoms with E-state index in [-0.39, 0.29) is 5.97 Å². The summed E-state index contributed by atoms with van der Waals surface area (Å²) in [5.74, 6) is -0.267. The van der Waals surface area contributed by atoms with Crippen LogP contribution in [0.3, 0.4) is 0 Å². The molecule has 7 heteroatoms. The molecule has 4 nitrogen and oxygen atoms in total. The second-order valence-electron chi connectivity index (χ2n) is 7.80. The summed E-state index contributed by atoms with van der Waals surface area (Å²) in [4.78, 5) is 20.1. The number of rotatable bonds is 5. The van der Waals surface area contributed by atoms with E-state index in [1.807, 2.05) is 49.4 Å². The highest BCUT2D eigenvalue weighted by atomic mass is 35.5. The molecule has 0 atom stereocenters. The smallest absolute Gasteiger partial charge is 0.341 e. The third-order valence-corrected chi connectivity index (χ3v) is 7.96. The number of esters is 1. The normalized spacial score (nSPS) is 13.7. The van der Waals surface area contributed by atoms with Gasteiger partial charge in [-0.3, -0.25) is 4.57 Å². The highest BCUT2D eigenvalue weighted by Crippen LogP contribution is 2.40. The van der Waals surface area contributed by atoms with Crippen molar-refractivity contribution < 1.29 is 9.53 Å². The van der Waals surface area contributed by atoms with Gasteiger partial charge in [-0.05, 0) is 68.0 Å². The largest absolute Gasteiger partial charge is 0.462 e. The van der Waals surface area contributed by atoms with Gasteiger partial charge in [0.05, 0.1) is 17.9 Å². The predicted molar refractivity (Wildman–Crippen MR) is 136 cm³/mol. The average Bonchev–Trinajstić information content (AvgIpc) is 3.41. The van der Waals surface area contributed by atoms with Gasteiger partial charge in [0.15, 0.2) is 4.80 Å². The number of halogens is 1. The fraction of sp³-hybridized carbons (Fsp3) is 0.231. The Morgan fingerprint density at radius 1 is 1.09 bits per heavy atom. The SMILES string of the molecule is CCOC(=O)c1c(/N=c2\scc(-c3ccc(Cl)cc3)n2-c2ccccc2)sc2c1CCCC2. The number of para-hydroxylation sites is 1. The molecule has 0 bridgehead atoms. The molecule has 0 fully saturated rings. The quantitative estimate of drug-likeness (QED) is 0.275. The molecule has 4 aromatic rings. The molecule has 2 heterocycles. The van der Waals surface area contributed by atoms with Crippen molar-refractivity contribution in [1.82, 2.24) is 4.57 Å². The Morgan fingerprint density at radius 3 is 2.61 bits per heavy atom. The van der Waals surface area contributed by atoms with Gasteiger partial charge in [-0.25, -0.2) is 9.79 Å². The molecule has 0 radical (unpaired) electrons. The van der Waals surface area contributed by atoms with Gasteiger partial charge in [-0.15, -0.1) is 22.7 Å². The van der Waals surface area contributed by atoms with Crippen LogP contribution in [0.4, 0.5) is 5.00 Å². The van der Waals surface area contributed by atoms with Crippen LogP contribution in [0.25, 0.3) is 16.9 Å². The van der Waals surface area contributed by atoms with Crippen LogP contribution >= 0.6 is 34.3 Å². The zero-order chi connectivity index (χ0) is 22.8. The maximum Gasteiger partial charge on any atom is 0.341 e. The topological polar surface area (TPSA) is 43.6 Å². The molecular weight excluding hydrogens is 472 g/mol. The highest BCUT2D eigenvalue weighted by Gasteiger charge is 2.26. The standard InChI is InChI=1S/C26H23ClN2O2S2/c1-2-31-25(30)23-20-10-6-7-11-22(20)33-24(23)28-26-29(19-8-4-3-5-9-19)21(16-32-26)17-12-14-18(27)15-13-17/h3-5,8-9,12-16H,2,6-7,10-11H2,1H3/b28-26-. The monoisotopic (exact) mass is 494 g/mol. The third-order valence-electron chi connectivity index (χ3n) is 5.69. The molecule has 0 N–H and O–H groups in total. The second-order valence-corrected chi connectivity index (χ2v) is 10.2. The number of carbonyl (C=O) groups excluding carboxylic acids is 1. The Morgan fingerprint density at radius 2 is 1.85 bits per heavy atom. The Hall–Kier alpha value is -2.67. The van der Waals surface area contributed by atoms with E-state index in [2.05, 4.69) is 22.1 Å². The first-order chi connectivity index (χ1) is 16.2. The van der Waals surface area contributed by atoms with Crippen LogP contribution in [0, 0.1) is 0 Å². The van der Waals surface area contributed by atoms with Crippen molar-refractivity contribution in [2.75, 3.05) is 6.61 Å². The van der Waals surface area contributed by atoms with Crippen LogP contribution in [-0.4, -0.2) is 17.1 Å². The number of carbonyl (C=O) groups is 1. The van der Waals surface area contributed by atoms with Crippen LogP contribution in [-0.2, 0) is 17.6 Å². The lowest BCUT2D eigenvalue weighted by atomic mass is 9.95. The molecule has 1 aliphatic carbocycles. The van der Waals surface area contributed by atoms with E-state index in [4.69, 9.17) is 21.3 Å². The molecule has 2 aromatic heterocycles. The number of hydrogen-bond acceptors (Lipinski definition) is 5. The number of nitrogens with zero attached hydrogens (tertiary/aromatic N) is 2. The number of thiophene rings is 1. The molecule has 0 saturated heterocycles. The Balaban J connectivity index is 1.72. The Kier molecular flexibility index (Phi) is 6.49. The van der Waals surface area contributed by atoms with Crippen molar-refractivity contribution in [3.05, 3.63) is 85.8 Å². The van der Waals surface area contributed by atoms with Crippen LogP contribution in [0.1, 0.15) is 40.6 Å². The molecule has 1 aliphatic rings. The lowest BCUT2D eigenvalue weighted by molar-refractivity contribution is 0.0526. The fourth-order valence-electron chi connectivity index (χ4n) is 4.17. The average molecular weight is 495 g/mol. The molecule has 0 spiro atoms. The first-order valence-corrected chi connectivity index (χ1v) is 13.1. The fourth-order valence-corrected chi connectivity index (χ4v) is 6.51. The first-order valence-electron chi connectivity index (χ1n) is 11.0. The van der Waals surface area contributed by atoms with E-state index >= 15 is 0 Å². The summed E-state index contributed by atoms with van der Waals surface area (Å²) in [6.45, 7) is 2.20. The van der Waals surface area contributed by atoms with Crippen molar-refractivity contribution >= 4 is 45.2 Å². The highest BCUT2D eigenvalue weighted by molar-refractivity contribution is 7.16. The van der Waals surface area contributed by atoms with Gasteiger partial charge >= 0.3 is 5.97 Å². The van der Waals surface area contributed by atoms with E-state index in [0.29, 0.717) is 17.2 Å². The van der Waals surface area contributed by atoms with Crippen molar-refractivity contribution in [1.29, 1.82) is 0 Å². The Labute approximate surface area is 205 Å². The summed E-state index contributed by atoms with van der Waals surface area (Å²) < 4.78 is 7.56. The van der Waals surface area contributed by atoms with E-state index in [1.54, 1.807) is 22.7 Å². The molecule has 33 heavy (non-hydrogen) atoms. The minimum absolute atomic E-state index is 0.267. The number of hydrogen-bond donors (Lipinski definition) is 0. The number of thiazole rings is 1. The zero-order valence-corrected chi connectivity index (χ0v) is 20.6. The molecule has 0 saturated carbocycles. The van der Waals surface area contributed by atoms with E-state index in [9.17, 15) is 4.79 Å². The van der Waals surface area contributed by atoms with Crippen molar-refractivity contribution in [2.24, 2.45) is 4.99 Å². The maximum atomic E-state index is 12.9. The van der Waals surface area contributed by atoms with Crippen molar-refractivity contribution in [2.45, 2.75) is 32.6 Å². The van der Waals surface area contributed by atoms with Gasteiger partial charge < -0.3 is 4.74 Å². The second kappa shape index (κ2) is 9.67. The van der Waals surface area contributed by atoms with Gasteiger partial charge in [-0.2, -0.15) is 0 Å².